The number of carbonyl (C=O) groups excluding carboxylic acids is 1. The normalized spacial score (nSPS) is 30.8. The molecular weight excluding hydrogens is 216 g/mol. The highest BCUT2D eigenvalue weighted by Crippen LogP contribution is 2.37. The van der Waals surface area contributed by atoms with Gasteiger partial charge in [-0.3, -0.25) is 10.6 Å². The first-order chi connectivity index (χ1) is 7.46. The molecule has 1 heterocycles. The molecule has 2 fully saturated rings. The minimum absolute atomic E-state index is 0.129. The lowest BCUT2D eigenvalue weighted by atomic mass is 9.87. The number of halogens is 2. The number of amides is 1. The summed E-state index contributed by atoms with van der Waals surface area (Å²) in [5.74, 6) is 2.76. The van der Waals surface area contributed by atoms with Crippen LogP contribution in [0.1, 0.15) is 25.7 Å². The summed E-state index contributed by atoms with van der Waals surface area (Å²) in [6, 6.07) is -0.351. The van der Waals surface area contributed by atoms with E-state index in [0.717, 1.165) is 19.4 Å². The predicted octanol–water partition coefficient (Wildman–Crippen LogP) is 0.486. The van der Waals surface area contributed by atoms with Crippen molar-refractivity contribution in [1.29, 1.82) is 0 Å². The molecule has 3 N–H and O–H groups in total. The molecule has 92 valence electrons. The van der Waals surface area contributed by atoms with Crippen molar-refractivity contribution in [2.24, 2.45) is 11.8 Å². The zero-order valence-electron chi connectivity index (χ0n) is 9.09. The molecule has 0 bridgehead atoms. The van der Waals surface area contributed by atoms with Crippen molar-refractivity contribution in [3.05, 3.63) is 0 Å². The lowest BCUT2D eigenvalue weighted by Crippen LogP contribution is -2.54. The molecule has 1 saturated carbocycles. The topological polar surface area (TPSA) is 58.4 Å². The van der Waals surface area contributed by atoms with Gasteiger partial charge in [0.15, 0.2) is 0 Å². The van der Waals surface area contributed by atoms with Gasteiger partial charge in [0.25, 0.3) is 5.92 Å². The molecule has 0 radical (unpaired) electrons. The molecule has 16 heavy (non-hydrogen) atoms. The Bertz CT molecular complexity index is 277. The molecule has 0 aromatic heterocycles. The number of hydrazine groups is 1. The maximum absolute atomic E-state index is 12.6. The lowest BCUT2D eigenvalue weighted by molar-refractivity contribution is -0.134. The van der Waals surface area contributed by atoms with E-state index in [4.69, 9.17) is 5.84 Å². The van der Waals surface area contributed by atoms with E-state index in [1.54, 1.807) is 5.01 Å². The highest BCUT2D eigenvalue weighted by molar-refractivity contribution is 5.79. The molecule has 0 unspecified atom stereocenters. The standard InChI is InChI=1S/C10H17F2N3O/c11-10(12)4-8(5-10)14-9(16)7-2-1-3-15(13)6-7/h7-8H,1-6,13H2,(H,14,16)/t7-/m0/s1. The van der Waals surface area contributed by atoms with Crippen molar-refractivity contribution in [3.8, 4) is 0 Å². The quantitative estimate of drug-likeness (QED) is 0.682. The molecule has 6 heteroatoms. The summed E-state index contributed by atoms with van der Waals surface area (Å²) < 4.78 is 25.1. The second-order valence-corrected chi connectivity index (χ2v) is 4.80. The number of nitrogens with two attached hydrogens (primary N) is 1. The zero-order chi connectivity index (χ0) is 11.8. The summed E-state index contributed by atoms with van der Waals surface area (Å²) in [7, 11) is 0. The van der Waals surface area contributed by atoms with Crippen LogP contribution in [-0.4, -0.2) is 36.0 Å². The second-order valence-electron chi connectivity index (χ2n) is 4.80. The Balaban J connectivity index is 1.76. The summed E-state index contributed by atoms with van der Waals surface area (Å²) in [5, 5.41) is 4.28. The molecular formula is C10H17F2N3O. The first-order valence-electron chi connectivity index (χ1n) is 5.64. The molecule has 1 aliphatic heterocycles. The number of nitrogens with one attached hydrogen (secondary N) is 1. The van der Waals surface area contributed by atoms with E-state index in [0.29, 0.717) is 6.54 Å². The van der Waals surface area contributed by atoms with Crippen LogP contribution in [0.4, 0.5) is 8.78 Å². The number of rotatable bonds is 2. The maximum Gasteiger partial charge on any atom is 0.252 e. The average molecular weight is 233 g/mol. The Labute approximate surface area is 93.1 Å². The minimum Gasteiger partial charge on any atom is -0.353 e. The van der Waals surface area contributed by atoms with Crippen molar-refractivity contribution in [2.45, 2.75) is 37.6 Å². The minimum atomic E-state index is -2.58. The number of carbonyl (C=O) groups is 1. The van der Waals surface area contributed by atoms with E-state index in [1.165, 1.54) is 0 Å². The number of nitrogens with zero attached hydrogens (tertiary/aromatic N) is 1. The third kappa shape index (κ3) is 2.68. The Kier molecular flexibility index (Phi) is 3.12. The first-order valence-corrected chi connectivity index (χ1v) is 5.64. The molecule has 1 atom stereocenters. The number of alkyl halides is 2. The van der Waals surface area contributed by atoms with Crippen molar-refractivity contribution in [3.63, 3.8) is 0 Å². The lowest BCUT2D eigenvalue weighted by Gasteiger charge is -2.37. The summed E-state index contributed by atoms with van der Waals surface area (Å²) in [4.78, 5) is 11.7. The molecule has 0 aromatic carbocycles. The fraction of sp³-hybridized carbons (Fsp3) is 0.900. The first kappa shape index (κ1) is 11.7. The molecule has 0 aromatic rings. The smallest absolute Gasteiger partial charge is 0.252 e. The second kappa shape index (κ2) is 4.25. The predicted molar refractivity (Wildman–Crippen MR) is 54.6 cm³/mol. The van der Waals surface area contributed by atoms with Gasteiger partial charge in [-0.25, -0.2) is 13.8 Å². The van der Waals surface area contributed by atoms with Crippen LogP contribution in [0.2, 0.25) is 0 Å². The van der Waals surface area contributed by atoms with Crippen LogP contribution in [0.3, 0.4) is 0 Å². The van der Waals surface area contributed by atoms with E-state index in [2.05, 4.69) is 5.32 Å². The zero-order valence-corrected chi connectivity index (χ0v) is 9.09. The molecule has 2 aliphatic rings. The molecule has 4 nitrogen and oxygen atoms in total. The summed E-state index contributed by atoms with van der Waals surface area (Å²) >= 11 is 0. The van der Waals surface area contributed by atoms with E-state index < -0.39 is 5.92 Å². The van der Waals surface area contributed by atoms with E-state index in [-0.39, 0.29) is 30.7 Å². The highest BCUT2D eigenvalue weighted by atomic mass is 19.3. The van der Waals surface area contributed by atoms with Gasteiger partial charge in [-0.2, -0.15) is 0 Å². The third-order valence-electron chi connectivity index (χ3n) is 3.26. The fourth-order valence-electron chi connectivity index (χ4n) is 2.30. The number of piperidine rings is 1. The van der Waals surface area contributed by atoms with Gasteiger partial charge < -0.3 is 5.32 Å². The monoisotopic (exact) mass is 233 g/mol. The molecule has 1 saturated heterocycles. The van der Waals surface area contributed by atoms with Gasteiger partial charge in [0.05, 0.1) is 5.92 Å². The fourth-order valence-corrected chi connectivity index (χ4v) is 2.30. The largest absolute Gasteiger partial charge is 0.353 e. The van der Waals surface area contributed by atoms with Gasteiger partial charge in [-0.05, 0) is 12.8 Å². The highest BCUT2D eigenvalue weighted by Gasteiger charge is 2.46. The SMILES string of the molecule is NN1CCC[C@H](C(=O)NC2CC(F)(F)C2)C1. The Morgan fingerprint density at radius 2 is 2.12 bits per heavy atom. The molecule has 1 amide bonds. The Hall–Kier alpha value is -0.750. The van der Waals surface area contributed by atoms with Crippen LogP contribution < -0.4 is 11.2 Å². The van der Waals surface area contributed by atoms with Gasteiger partial charge in [-0.15, -0.1) is 0 Å². The van der Waals surface area contributed by atoms with Gasteiger partial charge in [-0.1, -0.05) is 0 Å². The van der Waals surface area contributed by atoms with Crippen molar-refractivity contribution in [2.75, 3.05) is 13.1 Å². The van der Waals surface area contributed by atoms with E-state index >= 15 is 0 Å². The van der Waals surface area contributed by atoms with Gasteiger partial charge in [0, 0.05) is 32.0 Å². The van der Waals surface area contributed by atoms with Crippen LogP contribution in [0.5, 0.6) is 0 Å². The number of hydrogen-bond acceptors (Lipinski definition) is 3. The van der Waals surface area contributed by atoms with Crippen LogP contribution in [-0.2, 0) is 4.79 Å². The summed E-state index contributed by atoms with van der Waals surface area (Å²) in [6.07, 6.45) is 1.23. The molecule has 1 aliphatic carbocycles. The molecule has 0 spiro atoms. The summed E-state index contributed by atoms with van der Waals surface area (Å²) in [5.41, 5.74) is 0. The van der Waals surface area contributed by atoms with Gasteiger partial charge in [0.1, 0.15) is 0 Å². The number of hydrogen-bond donors (Lipinski definition) is 2. The van der Waals surface area contributed by atoms with E-state index in [9.17, 15) is 13.6 Å². The van der Waals surface area contributed by atoms with Crippen molar-refractivity contribution in [1.82, 2.24) is 10.3 Å². The van der Waals surface area contributed by atoms with Crippen molar-refractivity contribution >= 4 is 5.91 Å². The van der Waals surface area contributed by atoms with Crippen LogP contribution in [0, 0.1) is 5.92 Å². The van der Waals surface area contributed by atoms with Crippen LogP contribution in [0.25, 0.3) is 0 Å². The van der Waals surface area contributed by atoms with Gasteiger partial charge in [0.2, 0.25) is 5.91 Å². The Morgan fingerprint density at radius 3 is 2.69 bits per heavy atom. The maximum atomic E-state index is 12.6. The Morgan fingerprint density at radius 1 is 1.44 bits per heavy atom. The van der Waals surface area contributed by atoms with Gasteiger partial charge >= 0.3 is 0 Å². The van der Waals surface area contributed by atoms with Crippen molar-refractivity contribution < 1.29 is 13.6 Å². The molecule has 2 rings (SSSR count). The van der Waals surface area contributed by atoms with Crippen LogP contribution in [0.15, 0.2) is 0 Å². The van der Waals surface area contributed by atoms with Crippen LogP contribution >= 0.6 is 0 Å². The summed E-state index contributed by atoms with van der Waals surface area (Å²) in [6.45, 7) is 1.32. The average Bonchev–Trinajstić information content (AvgIpc) is 2.14. The third-order valence-corrected chi connectivity index (χ3v) is 3.26. The van der Waals surface area contributed by atoms with E-state index in [1.807, 2.05) is 0 Å².